The molecule has 1 heterocycles. The van der Waals surface area contributed by atoms with Gasteiger partial charge in [-0.25, -0.2) is 4.79 Å². The van der Waals surface area contributed by atoms with Gasteiger partial charge in [0, 0.05) is 11.6 Å². The van der Waals surface area contributed by atoms with E-state index in [1.165, 1.54) is 4.90 Å². The van der Waals surface area contributed by atoms with Crippen molar-refractivity contribution in [2.24, 2.45) is 11.7 Å². The predicted molar refractivity (Wildman–Crippen MR) is 158 cm³/mol. The van der Waals surface area contributed by atoms with E-state index >= 15 is 0 Å². The van der Waals surface area contributed by atoms with Crippen molar-refractivity contribution < 1.29 is 33.8 Å². The zero-order valence-electron chi connectivity index (χ0n) is 24.7. The number of amides is 3. The van der Waals surface area contributed by atoms with Crippen molar-refractivity contribution in [2.45, 2.75) is 76.5 Å². The number of imide groups is 1. The van der Waals surface area contributed by atoms with E-state index in [-0.39, 0.29) is 41.9 Å². The number of rotatable bonds is 9. The number of nitrogens with one attached hydrogen (secondary N) is 1. The number of hydrogen-bond donors (Lipinski definition) is 4. The third kappa shape index (κ3) is 8.23. The first-order valence-corrected chi connectivity index (χ1v) is 15.0. The summed E-state index contributed by atoms with van der Waals surface area (Å²) in [5.74, 6) is -0.449. The topological polar surface area (TPSA) is 142 Å². The molecule has 0 radical (unpaired) electrons. The maximum Gasteiger partial charge on any atom is 0.324 e. The van der Waals surface area contributed by atoms with Gasteiger partial charge in [0.25, 0.3) is 0 Å². The fourth-order valence-electron chi connectivity index (χ4n) is 6.43. The summed E-state index contributed by atoms with van der Waals surface area (Å²) in [5, 5.41) is 22.7. The highest BCUT2D eigenvalue weighted by Crippen LogP contribution is 2.28. The lowest BCUT2D eigenvalue weighted by Gasteiger charge is -2.45. The van der Waals surface area contributed by atoms with E-state index in [0.717, 1.165) is 24.1 Å². The summed E-state index contributed by atoms with van der Waals surface area (Å²) in [5.41, 5.74) is 8.22. The molecular formula is C32H45N4O6+. The van der Waals surface area contributed by atoms with Gasteiger partial charge in [0.2, 0.25) is 5.91 Å². The molecule has 1 aliphatic heterocycles. The number of nitrogens with zero attached hydrogens (tertiary/aromatic N) is 2. The molecule has 3 amide bonds. The Morgan fingerprint density at radius 3 is 2.40 bits per heavy atom. The molecule has 0 bridgehead atoms. The van der Waals surface area contributed by atoms with Crippen LogP contribution in [0.5, 0.6) is 11.5 Å². The molecule has 1 unspecified atom stereocenters. The van der Waals surface area contributed by atoms with Crippen LogP contribution < -0.4 is 11.1 Å². The van der Waals surface area contributed by atoms with Crippen LogP contribution in [0.15, 0.2) is 48.5 Å². The number of phenols is 2. The molecule has 0 spiro atoms. The van der Waals surface area contributed by atoms with Crippen molar-refractivity contribution >= 4 is 17.9 Å². The van der Waals surface area contributed by atoms with Gasteiger partial charge in [0.15, 0.2) is 0 Å². The third-order valence-corrected chi connectivity index (χ3v) is 8.57. The highest BCUT2D eigenvalue weighted by atomic mass is 16.5. The number of likely N-dealkylation sites (N-methyl/N-ethyl adjacent to an activating group) is 1. The SMILES string of the molecule is CCOC(=O)C1CCC(NC(=O)N(C(=O)[C@@H](N)Cc2ccc(O)cc2)[C@H]2CCC[N+](C)(Cc3cccc(O)c3)C2)CC1. The summed E-state index contributed by atoms with van der Waals surface area (Å²) in [6, 6.07) is 11.8. The zero-order chi connectivity index (χ0) is 30.3. The van der Waals surface area contributed by atoms with Crippen LogP contribution >= 0.6 is 0 Å². The van der Waals surface area contributed by atoms with Gasteiger partial charge in [-0.2, -0.15) is 0 Å². The molecule has 4 rings (SSSR count). The van der Waals surface area contributed by atoms with Crippen LogP contribution in [0.4, 0.5) is 4.79 Å². The van der Waals surface area contributed by atoms with Crippen molar-refractivity contribution in [3.8, 4) is 11.5 Å². The Morgan fingerprint density at radius 1 is 1.02 bits per heavy atom. The van der Waals surface area contributed by atoms with Gasteiger partial charge < -0.3 is 30.5 Å². The van der Waals surface area contributed by atoms with Crippen molar-refractivity contribution in [2.75, 3.05) is 26.7 Å². The summed E-state index contributed by atoms with van der Waals surface area (Å²) < 4.78 is 5.79. The minimum atomic E-state index is -0.938. The van der Waals surface area contributed by atoms with Crippen LogP contribution in [0, 0.1) is 5.92 Å². The van der Waals surface area contributed by atoms with Crippen LogP contribution in [-0.2, 0) is 27.3 Å². The molecule has 2 aliphatic rings. The Hall–Kier alpha value is -3.63. The van der Waals surface area contributed by atoms with E-state index in [9.17, 15) is 24.6 Å². The minimum Gasteiger partial charge on any atom is -0.508 e. The summed E-state index contributed by atoms with van der Waals surface area (Å²) >= 11 is 0. The largest absolute Gasteiger partial charge is 0.508 e. The van der Waals surface area contributed by atoms with Crippen LogP contribution in [0.25, 0.3) is 0 Å². The summed E-state index contributed by atoms with van der Waals surface area (Å²) in [7, 11) is 2.11. The van der Waals surface area contributed by atoms with Gasteiger partial charge >= 0.3 is 12.0 Å². The number of piperidine rings is 1. The van der Waals surface area contributed by atoms with Crippen LogP contribution in [0.3, 0.4) is 0 Å². The molecular weight excluding hydrogens is 536 g/mol. The number of ether oxygens (including phenoxy) is 1. The highest BCUT2D eigenvalue weighted by molar-refractivity contribution is 5.97. The van der Waals surface area contributed by atoms with E-state index in [1.807, 2.05) is 12.1 Å². The van der Waals surface area contributed by atoms with Crippen molar-refractivity contribution in [3.05, 3.63) is 59.7 Å². The smallest absolute Gasteiger partial charge is 0.324 e. The monoisotopic (exact) mass is 581 g/mol. The van der Waals surface area contributed by atoms with Gasteiger partial charge in [-0.15, -0.1) is 0 Å². The predicted octanol–water partition coefficient (Wildman–Crippen LogP) is 3.44. The lowest BCUT2D eigenvalue weighted by molar-refractivity contribution is -0.928. The van der Waals surface area contributed by atoms with E-state index < -0.39 is 18.0 Å². The number of likely N-dealkylation sites (tertiary alicyclic amines) is 1. The normalized spacial score (nSPS) is 24.8. The Balaban J connectivity index is 1.50. The average molecular weight is 582 g/mol. The van der Waals surface area contributed by atoms with Crippen LogP contribution in [0.1, 0.15) is 56.6 Å². The molecule has 228 valence electrons. The van der Waals surface area contributed by atoms with Crippen molar-refractivity contribution in [1.29, 1.82) is 0 Å². The first-order chi connectivity index (χ1) is 20.1. The van der Waals surface area contributed by atoms with Crippen molar-refractivity contribution in [1.82, 2.24) is 10.2 Å². The lowest BCUT2D eigenvalue weighted by Crippen LogP contribution is -2.63. The number of esters is 1. The number of phenolic OH excluding ortho intramolecular Hbond substituents is 2. The number of urea groups is 1. The molecule has 2 aromatic rings. The number of quaternary nitrogens is 1. The molecule has 10 nitrogen and oxygen atoms in total. The molecule has 1 saturated carbocycles. The number of carbonyl (C=O) groups excluding carboxylic acids is 3. The Morgan fingerprint density at radius 2 is 1.74 bits per heavy atom. The molecule has 3 atom stereocenters. The summed E-state index contributed by atoms with van der Waals surface area (Å²) in [6.45, 7) is 4.25. The molecule has 10 heteroatoms. The number of benzene rings is 2. The van der Waals surface area contributed by atoms with E-state index in [2.05, 4.69) is 12.4 Å². The number of hydrogen-bond acceptors (Lipinski definition) is 7. The third-order valence-electron chi connectivity index (χ3n) is 8.57. The van der Waals surface area contributed by atoms with E-state index in [1.54, 1.807) is 43.3 Å². The summed E-state index contributed by atoms with van der Waals surface area (Å²) in [4.78, 5) is 41.3. The van der Waals surface area contributed by atoms with Gasteiger partial charge in [-0.05, 0) is 81.7 Å². The minimum absolute atomic E-state index is 0.128. The second kappa shape index (κ2) is 14.0. The maximum atomic E-state index is 13.9. The molecule has 5 N–H and O–H groups in total. The molecule has 1 saturated heterocycles. The van der Waals surface area contributed by atoms with Gasteiger partial charge in [0.1, 0.15) is 24.6 Å². The standard InChI is InChI=1S/C32H44N4O6/c1-3-42-31(40)24-11-13-25(14-12-24)34-32(41)35(30(39)29(33)19-22-9-15-27(37)16-10-22)26-7-5-17-36(2,21-26)20-23-6-4-8-28(38)18-23/h4,6,8-10,15-16,18,24-26,29H,3,5,7,11-14,17,19-21,33H2,1-2H3,(H2-,34,37,38,41)/p+1/t24?,25?,26-,29-,36?/m0/s1. The fourth-order valence-corrected chi connectivity index (χ4v) is 6.43. The quantitative estimate of drug-likeness (QED) is 0.263. The van der Waals surface area contributed by atoms with Crippen LogP contribution in [-0.4, -0.2) is 82.4 Å². The van der Waals surface area contributed by atoms with Gasteiger partial charge in [-0.3, -0.25) is 14.5 Å². The second-order valence-corrected chi connectivity index (χ2v) is 12.1. The van der Waals surface area contributed by atoms with Crippen LogP contribution in [0.2, 0.25) is 0 Å². The Bertz CT molecular complexity index is 1230. The molecule has 1 aliphatic carbocycles. The van der Waals surface area contributed by atoms with Gasteiger partial charge in [-0.1, -0.05) is 24.3 Å². The number of carbonyl (C=O) groups is 3. The first kappa shape index (κ1) is 31.3. The van der Waals surface area contributed by atoms with Gasteiger partial charge in [0.05, 0.1) is 38.2 Å². The number of nitrogens with two attached hydrogens (primary N) is 1. The molecule has 0 aromatic heterocycles. The summed E-state index contributed by atoms with van der Waals surface area (Å²) in [6.07, 6.45) is 4.25. The Kier molecular flexibility index (Phi) is 10.5. The molecule has 2 aromatic carbocycles. The van der Waals surface area contributed by atoms with E-state index in [4.69, 9.17) is 10.5 Å². The highest BCUT2D eigenvalue weighted by Gasteiger charge is 2.41. The number of aromatic hydroxyl groups is 2. The molecule has 42 heavy (non-hydrogen) atoms. The average Bonchev–Trinajstić information content (AvgIpc) is 2.94. The lowest BCUT2D eigenvalue weighted by atomic mass is 9.86. The Labute approximate surface area is 248 Å². The fraction of sp³-hybridized carbons (Fsp3) is 0.531. The van der Waals surface area contributed by atoms with E-state index in [0.29, 0.717) is 56.3 Å². The zero-order valence-corrected chi connectivity index (χ0v) is 24.7. The van der Waals surface area contributed by atoms with Crippen molar-refractivity contribution in [3.63, 3.8) is 0 Å². The maximum absolute atomic E-state index is 13.9. The molecule has 2 fully saturated rings. The first-order valence-electron chi connectivity index (χ1n) is 15.0. The second-order valence-electron chi connectivity index (χ2n) is 12.1.